The van der Waals surface area contributed by atoms with Crippen LogP contribution in [-0.4, -0.2) is 15.2 Å². The molecule has 8 aliphatic rings. The van der Waals surface area contributed by atoms with Crippen LogP contribution in [0.2, 0.25) is 0 Å². The van der Waals surface area contributed by atoms with Gasteiger partial charge in [-0.2, -0.15) is 0 Å². The predicted molar refractivity (Wildman–Crippen MR) is 265 cm³/mol. The molecule has 1 heterocycles. The molecule has 4 unspecified atom stereocenters. The van der Waals surface area contributed by atoms with Gasteiger partial charge in [-0.25, -0.2) is 4.98 Å². The first-order chi connectivity index (χ1) is 30.2. The minimum Gasteiger partial charge on any atom is -0.507 e. The average molecular weight is 1030 g/mol. The smallest absolute Gasteiger partial charge is 0.127 e. The number of aryl methyl sites for hydroxylation is 2. The number of aromatic hydroxyl groups is 2. The molecule has 2 N–H and O–H groups in total. The van der Waals surface area contributed by atoms with Gasteiger partial charge in [-0.1, -0.05) is 97.9 Å². The first kappa shape index (κ1) is 45.3. The van der Waals surface area contributed by atoms with Crippen molar-refractivity contribution in [3.05, 3.63) is 112 Å². The summed E-state index contributed by atoms with van der Waals surface area (Å²) >= 11 is 0. The summed E-state index contributed by atoms with van der Waals surface area (Å²) in [5.74, 6) is 3.07. The van der Waals surface area contributed by atoms with Crippen molar-refractivity contribution in [1.29, 1.82) is 0 Å². The Hall–Kier alpha value is -3.50. The van der Waals surface area contributed by atoms with E-state index in [-0.39, 0.29) is 36.7 Å². The van der Waals surface area contributed by atoms with Crippen LogP contribution >= 0.6 is 0 Å². The third-order valence-corrected chi connectivity index (χ3v) is 18.2. The van der Waals surface area contributed by atoms with E-state index in [1.807, 2.05) is 0 Å². The van der Waals surface area contributed by atoms with E-state index < -0.39 is 0 Å². The van der Waals surface area contributed by atoms with Crippen molar-refractivity contribution in [2.75, 3.05) is 0 Å². The van der Waals surface area contributed by atoms with E-state index in [1.54, 1.807) is 0 Å². The van der Waals surface area contributed by atoms with Crippen LogP contribution in [0.15, 0.2) is 78.9 Å². The van der Waals surface area contributed by atoms with Gasteiger partial charge in [-0.15, -0.1) is 0 Å². The molecule has 8 bridgehead atoms. The molecule has 0 amide bonds. The minimum absolute atomic E-state index is 0. The maximum atomic E-state index is 12.7. The Morgan fingerprint density at radius 2 is 0.831 bits per heavy atom. The molecule has 8 aliphatic carbocycles. The summed E-state index contributed by atoms with van der Waals surface area (Å²) in [4.78, 5) is 5.62. The molecule has 65 heavy (non-hydrogen) atoms. The quantitative estimate of drug-likeness (QED) is 0.152. The molecule has 0 radical (unpaired) electrons. The van der Waals surface area contributed by atoms with Gasteiger partial charge < -0.3 is 10.2 Å². The second-order valence-corrected chi connectivity index (χ2v) is 25.6. The Kier molecular flexibility index (Phi) is 10.6. The Balaban J connectivity index is 0.00000498. The average Bonchev–Trinajstić information content (AvgIpc) is 3.19. The molecular formula is C61H73HfNO2. The van der Waals surface area contributed by atoms with Crippen molar-refractivity contribution in [1.82, 2.24) is 4.98 Å². The fraction of sp³-hybridized carbons (Fsp3) is 0.525. The zero-order chi connectivity index (χ0) is 44.9. The van der Waals surface area contributed by atoms with Crippen LogP contribution in [0.5, 0.6) is 11.5 Å². The molecule has 13 rings (SSSR count). The normalized spacial score (nSPS) is 33.0. The summed E-state index contributed by atoms with van der Waals surface area (Å²) in [5.41, 5.74) is 16.5. The molecule has 3 nitrogen and oxygen atoms in total. The van der Waals surface area contributed by atoms with Crippen LogP contribution in [0.1, 0.15) is 178 Å². The molecule has 4 aromatic carbocycles. The standard InChI is InChI=1S/C61H73NO2.Hf/c1-36(2)42-14-16-44(48-18-38(5)20-50(54(48)63)60-28-40-24-56(7,32-60)30-57(8,25-40)33-60)46(22-42)52-12-11-13-53(62-52)47-23-43(37(3)4)15-17-45(47)49-19-39(6)21-51(55(49)64)61-29-41-26-58(9,34-61)31-59(10,27-41)35-61;/h11-23,36-37,40-41,63-64H,24-35H2,1-10H3;. The van der Waals surface area contributed by atoms with Gasteiger partial charge in [0.15, 0.2) is 0 Å². The molecule has 8 saturated carbocycles. The summed E-state index contributed by atoms with van der Waals surface area (Å²) in [7, 11) is 0. The van der Waals surface area contributed by atoms with Crippen molar-refractivity contribution in [3.8, 4) is 56.3 Å². The van der Waals surface area contributed by atoms with Crippen molar-refractivity contribution in [2.45, 2.75) is 169 Å². The number of rotatable bonds is 8. The molecule has 0 aliphatic heterocycles. The number of aromatic nitrogens is 1. The van der Waals surface area contributed by atoms with Gasteiger partial charge in [-0.3, -0.25) is 0 Å². The second kappa shape index (κ2) is 15.3. The zero-order valence-electron chi connectivity index (χ0n) is 41.1. The monoisotopic (exact) mass is 1030 g/mol. The predicted octanol–water partition coefficient (Wildman–Crippen LogP) is 16.5. The number of phenols is 2. The van der Waals surface area contributed by atoms with Crippen molar-refractivity contribution in [3.63, 3.8) is 0 Å². The van der Waals surface area contributed by atoms with E-state index >= 15 is 0 Å². The van der Waals surface area contributed by atoms with Gasteiger partial charge >= 0.3 is 0 Å². The molecule has 338 valence electrons. The van der Waals surface area contributed by atoms with Gasteiger partial charge in [0.1, 0.15) is 11.5 Å². The van der Waals surface area contributed by atoms with E-state index in [2.05, 4.69) is 148 Å². The van der Waals surface area contributed by atoms with Crippen LogP contribution < -0.4 is 0 Å². The van der Waals surface area contributed by atoms with Gasteiger partial charge in [-0.05, 0) is 206 Å². The summed E-state index contributed by atoms with van der Waals surface area (Å²) in [6, 6.07) is 29.2. The van der Waals surface area contributed by atoms with Gasteiger partial charge in [0.05, 0.1) is 11.4 Å². The number of pyridine rings is 1. The number of phenolic OH excluding ortho intramolecular Hbond substituents is 2. The van der Waals surface area contributed by atoms with Crippen LogP contribution in [0.25, 0.3) is 44.8 Å². The van der Waals surface area contributed by atoms with Crippen LogP contribution in [0, 0.1) is 47.3 Å². The van der Waals surface area contributed by atoms with E-state index in [1.165, 1.54) is 110 Å². The SMILES string of the molecule is Cc1cc(-c2ccc(C(C)C)cc2-c2cccc(-c3cc(C(C)C)ccc3-c3cc(C)cc(C45CC6CC(C)(CC(C)(C6)C4)C5)c3O)n2)c(O)c(C23CC4CC(C)(CC(C)(C4)C2)C3)c1.[Hf]. The number of hydrogen-bond acceptors (Lipinski definition) is 3. The van der Waals surface area contributed by atoms with Crippen LogP contribution in [0.4, 0.5) is 0 Å². The molecule has 4 heteroatoms. The molecular weight excluding hydrogens is 957 g/mol. The molecule has 0 spiro atoms. The molecule has 1 aromatic heterocycles. The van der Waals surface area contributed by atoms with Crippen LogP contribution in [0.3, 0.4) is 0 Å². The van der Waals surface area contributed by atoms with Crippen molar-refractivity contribution in [2.24, 2.45) is 33.5 Å². The summed E-state index contributed by atoms with van der Waals surface area (Å²) in [5, 5.41) is 25.5. The second-order valence-electron chi connectivity index (χ2n) is 25.6. The zero-order valence-corrected chi connectivity index (χ0v) is 44.7. The Morgan fingerprint density at radius 1 is 0.462 bits per heavy atom. The Labute approximate surface area is 409 Å². The summed E-state index contributed by atoms with van der Waals surface area (Å²) in [6.45, 7) is 23.6. The van der Waals surface area contributed by atoms with E-state index in [4.69, 9.17) is 4.98 Å². The van der Waals surface area contributed by atoms with Crippen molar-refractivity contribution >= 4 is 0 Å². The largest absolute Gasteiger partial charge is 0.507 e. The molecule has 4 atom stereocenters. The third-order valence-electron chi connectivity index (χ3n) is 18.2. The third kappa shape index (κ3) is 7.47. The van der Waals surface area contributed by atoms with Gasteiger partial charge in [0, 0.05) is 70.1 Å². The first-order valence-electron chi connectivity index (χ1n) is 25.1. The fourth-order valence-corrected chi connectivity index (χ4v) is 17.7. The van der Waals surface area contributed by atoms with Gasteiger partial charge in [0.25, 0.3) is 0 Å². The molecule has 0 saturated heterocycles. The Bertz CT molecular complexity index is 2520. The van der Waals surface area contributed by atoms with E-state index in [0.717, 1.165) is 56.6 Å². The van der Waals surface area contributed by atoms with Crippen molar-refractivity contribution < 1.29 is 36.1 Å². The van der Waals surface area contributed by atoms with E-state index in [9.17, 15) is 10.2 Å². The topological polar surface area (TPSA) is 53.4 Å². The molecule has 8 fully saturated rings. The number of nitrogens with zero attached hydrogens (tertiary/aromatic N) is 1. The van der Waals surface area contributed by atoms with E-state index in [0.29, 0.717) is 45.0 Å². The fourth-order valence-electron chi connectivity index (χ4n) is 17.7. The number of benzene rings is 4. The maximum absolute atomic E-state index is 12.7. The van der Waals surface area contributed by atoms with Crippen LogP contribution in [-0.2, 0) is 36.7 Å². The first-order valence-corrected chi connectivity index (χ1v) is 25.1. The maximum Gasteiger partial charge on any atom is 0.127 e. The van der Waals surface area contributed by atoms with Gasteiger partial charge in [0.2, 0.25) is 0 Å². The molecule has 5 aromatic rings. The Morgan fingerprint density at radius 3 is 1.17 bits per heavy atom. The minimum atomic E-state index is 0. The number of hydrogen-bond donors (Lipinski definition) is 2. The summed E-state index contributed by atoms with van der Waals surface area (Å²) < 4.78 is 0. The summed E-state index contributed by atoms with van der Waals surface area (Å²) in [6.07, 6.45) is 15.0.